The molecule has 140 valence electrons. The zero-order chi connectivity index (χ0) is 19.2. The summed E-state index contributed by atoms with van der Waals surface area (Å²) in [5.74, 6) is 1.51. The van der Waals surface area contributed by atoms with Crippen LogP contribution in [0, 0.1) is 0 Å². The standard InChI is InChI=1S/C18H17N3O4S2/c1-23-12-8-13(24-2)16-14(9-12)27-18(20-16)21-17(26)19-15(22)10-25-11-6-4-3-5-7-11/h3-9H,10H2,1-2H3,(H2,19,20,21,22,26). The molecular formula is C18H17N3O4S2. The molecule has 9 heteroatoms. The number of methoxy groups -OCH3 is 2. The number of amides is 1. The number of carbonyl (C=O) groups is 1. The highest BCUT2D eigenvalue weighted by Crippen LogP contribution is 2.36. The smallest absolute Gasteiger partial charge is 0.264 e. The van der Waals surface area contributed by atoms with E-state index in [-0.39, 0.29) is 17.6 Å². The highest BCUT2D eigenvalue weighted by molar-refractivity contribution is 7.80. The molecule has 0 atom stereocenters. The third kappa shape index (κ3) is 4.83. The maximum atomic E-state index is 12.0. The lowest BCUT2D eigenvalue weighted by Gasteiger charge is -2.08. The van der Waals surface area contributed by atoms with E-state index in [9.17, 15) is 4.79 Å². The molecule has 0 aliphatic heterocycles. The second-order valence-corrected chi connectivity index (χ2v) is 6.74. The van der Waals surface area contributed by atoms with Crippen molar-refractivity contribution in [3.05, 3.63) is 42.5 Å². The quantitative estimate of drug-likeness (QED) is 0.612. The van der Waals surface area contributed by atoms with Crippen LogP contribution in [0.5, 0.6) is 17.2 Å². The fourth-order valence-corrected chi connectivity index (χ4v) is 3.45. The Bertz CT molecular complexity index is 960. The summed E-state index contributed by atoms with van der Waals surface area (Å²) in [7, 11) is 3.15. The van der Waals surface area contributed by atoms with Gasteiger partial charge < -0.3 is 19.5 Å². The van der Waals surface area contributed by atoms with Gasteiger partial charge in [-0.15, -0.1) is 0 Å². The van der Waals surface area contributed by atoms with Gasteiger partial charge in [0.15, 0.2) is 16.9 Å². The predicted molar refractivity (Wildman–Crippen MR) is 109 cm³/mol. The number of rotatable bonds is 6. The number of anilines is 1. The van der Waals surface area contributed by atoms with Crippen LogP contribution < -0.4 is 24.8 Å². The maximum absolute atomic E-state index is 12.0. The summed E-state index contributed by atoms with van der Waals surface area (Å²) in [6.45, 7) is -0.142. The molecule has 1 aromatic heterocycles. The molecule has 0 saturated carbocycles. The lowest BCUT2D eigenvalue weighted by atomic mass is 10.3. The van der Waals surface area contributed by atoms with Gasteiger partial charge in [0.2, 0.25) is 0 Å². The zero-order valence-electron chi connectivity index (χ0n) is 14.6. The maximum Gasteiger partial charge on any atom is 0.264 e. The van der Waals surface area contributed by atoms with Crippen molar-refractivity contribution in [3.8, 4) is 17.2 Å². The third-order valence-electron chi connectivity index (χ3n) is 3.48. The van der Waals surface area contributed by atoms with Gasteiger partial charge in [-0.05, 0) is 30.4 Å². The lowest BCUT2D eigenvalue weighted by Crippen LogP contribution is -2.37. The Morgan fingerprint density at radius 2 is 1.93 bits per heavy atom. The molecule has 1 heterocycles. The molecule has 0 spiro atoms. The number of aromatic nitrogens is 1. The van der Waals surface area contributed by atoms with E-state index in [4.69, 9.17) is 26.4 Å². The van der Waals surface area contributed by atoms with Crippen molar-refractivity contribution in [2.75, 3.05) is 26.1 Å². The summed E-state index contributed by atoms with van der Waals surface area (Å²) in [5, 5.41) is 6.14. The molecule has 7 nitrogen and oxygen atoms in total. The molecular weight excluding hydrogens is 386 g/mol. The number of nitrogens with one attached hydrogen (secondary N) is 2. The van der Waals surface area contributed by atoms with Gasteiger partial charge in [-0.2, -0.15) is 0 Å². The second-order valence-electron chi connectivity index (χ2n) is 5.30. The van der Waals surface area contributed by atoms with E-state index in [0.29, 0.717) is 27.9 Å². The van der Waals surface area contributed by atoms with Crippen LogP contribution in [0.25, 0.3) is 10.2 Å². The number of carbonyl (C=O) groups excluding carboxylic acids is 1. The summed E-state index contributed by atoms with van der Waals surface area (Å²) in [6.07, 6.45) is 0. The van der Waals surface area contributed by atoms with Gasteiger partial charge in [0.05, 0.1) is 18.9 Å². The fraction of sp³-hybridized carbons (Fsp3) is 0.167. The van der Waals surface area contributed by atoms with Crippen LogP contribution in [0.1, 0.15) is 0 Å². The second kappa shape index (κ2) is 8.65. The van der Waals surface area contributed by atoms with E-state index in [1.165, 1.54) is 11.3 Å². The van der Waals surface area contributed by atoms with Gasteiger partial charge in [0.25, 0.3) is 5.91 Å². The van der Waals surface area contributed by atoms with Crippen molar-refractivity contribution in [2.45, 2.75) is 0 Å². The zero-order valence-corrected chi connectivity index (χ0v) is 16.3. The molecule has 0 aliphatic carbocycles. The highest BCUT2D eigenvalue weighted by Gasteiger charge is 2.13. The number of benzene rings is 2. The highest BCUT2D eigenvalue weighted by atomic mass is 32.1. The largest absolute Gasteiger partial charge is 0.497 e. The summed E-state index contributed by atoms with van der Waals surface area (Å²) in [5.41, 5.74) is 0.687. The topological polar surface area (TPSA) is 81.7 Å². The molecule has 0 radical (unpaired) electrons. The molecule has 0 fully saturated rings. The van der Waals surface area contributed by atoms with E-state index in [1.54, 1.807) is 32.4 Å². The summed E-state index contributed by atoms with van der Waals surface area (Å²) >= 11 is 6.54. The van der Waals surface area contributed by atoms with Crippen molar-refractivity contribution in [2.24, 2.45) is 0 Å². The number of nitrogens with zero attached hydrogens (tertiary/aromatic N) is 1. The van der Waals surface area contributed by atoms with E-state index in [2.05, 4.69) is 15.6 Å². The first-order chi connectivity index (χ1) is 13.1. The number of fused-ring (bicyclic) bond motifs is 1. The number of para-hydroxylation sites is 1. The van der Waals surface area contributed by atoms with Crippen LogP contribution in [0.2, 0.25) is 0 Å². The van der Waals surface area contributed by atoms with Crippen LogP contribution in [0.4, 0.5) is 5.13 Å². The van der Waals surface area contributed by atoms with Crippen LogP contribution in [-0.4, -0.2) is 36.8 Å². The number of hydrogen-bond donors (Lipinski definition) is 2. The Hall–Kier alpha value is -2.91. The van der Waals surface area contributed by atoms with Crippen LogP contribution >= 0.6 is 23.6 Å². The van der Waals surface area contributed by atoms with Gasteiger partial charge >= 0.3 is 0 Å². The molecule has 3 rings (SSSR count). The Labute approximate surface area is 165 Å². The first kappa shape index (κ1) is 18.9. The van der Waals surface area contributed by atoms with Crippen molar-refractivity contribution in [1.82, 2.24) is 10.3 Å². The summed E-state index contributed by atoms with van der Waals surface area (Å²) in [6, 6.07) is 12.7. The van der Waals surface area contributed by atoms with E-state index < -0.39 is 0 Å². The SMILES string of the molecule is COc1cc(OC)c2nc(NC(=S)NC(=O)COc3ccccc3)sc2c1. The summed E-state index contributed by atoms with van der Waals surface area (Å²) < 4.78 is 16.8. The lowest BCUT2D eigenvalue weighted by molar-refractivity contribution is -0.121. The van der Waals surface area contributed by atoms with Crippen LogP contribution in [0.3, 0.4) is 0 Å². The van der Waals surface area contributed by atoms with Crippen molar-refractivity contribution in [3.63, 3.8) is 0 Å². The molecule has 3 aromatic rings. The van der Waals surface area contributed by atoms with Crippen LogP contribution in [-0.2, 0) is 4.79 Å². The minimum Gasteiger partial charge on any atom is -0.497 e. The molecule has 2 N–H and O–H groups in total. The molecule has 0 bridgehead atoms. The molecule has 2 aromatic carbocycles. The summed E-state index contributed by atoms with van der Waals surface area (Å²) in [4.78, 5) is 16.4. The third-order valence-corrected chi connectivity index (χ3v) is 4.60. The monoisotopic (exact) mass is 403 g/mol. The number of thiazole rings is 1. The average Bonchev–Trinajstić information content (AvgIpc) is 3.08. The molecule has 0 saturated heterocycles. The molecule has 27 heavy (non-hydrogen) atoms. The number of hydrogen-bond acceptors (Lipinski definition) is 7. The van der Waals surface area contributed by atoms with Gasteiger partial charge in [-0.3, -0.25) is 10.1 Å². The van der Waals surface area contributed by atoms with Gasteiger partial charge in [-0.25, -0.2) is 4.98 Å². The number of ether oxygens (including phenoxy) is 3. The molecule has 1 amide bonds. The first-order valence-electron chi connectivity index (χ1n) is 7.90. The number of thiocarbonyl (C=S) groups is 1. The van der Waals surface area contributed by atoms with E-state index >= 15 is 0 Å². The van der Waals surface area contributed by atoms with Crippen LogP contribution in [0.15, 0.2) is 42.5 Å². The van der Waals surface area contributed by atoms with Crippen molar-refractivity contribution in [1.29, 1.82) is 0 Å². The molecule has 0 unspecified atom stereocenters. The average molecular weight is 403 g/mol. The first-order valence-corrected chi connectivity index (χ1v) is 9.12. The van der Waals surface area contributed by atoms with E-state index in [0.717, 1.165) is 4.70 Å². The minimum absolute atomic E-state index is 0.140. The molecule has 0 aliphatic rings. The fourth-order valence-electron chi connectivity index (χ4n) is 2.26. The normalized spacial score (nSPS) is 10.3. The Morgan fingerprint density at radius 3 is 2.63 bits per heavy atom. The Balaban J connectivity index is 1.61. The Morgan fingerprint density at radius 1 is 1.15 bits per heavy atom. The van der Waals surface area contributed by atoms with Crippen molar-refractivity contribution < 1.29 is 19.0 Å². The Kier molecular flexibility index (Phi) is 6.05. The van der Waals surface area contributed by atoms with Gasteiger partial charge in [0.1, 0.15) is 22.8 Å². The predicted octanol–water partition coefficient (Wildman–Crippen LogP) is 3.21. The van der Waals surface area contributed by atoms with Gasteiger partial charge in [0, 0.05) is 6.07 Å². The van der Waals surface area contributed by atoms with Gasteiger partial charge in [-0.1, -0.05) is 29.5 Å². The van der Waals surface area contributed by atoms with Crippen molar-refractivity contribution >= 4 is 49.9 Å². The minimum atomic E-state index is -0.364. The van der Waals surface area contributed by atoms with E-state index in [1.807, 2.05) is 24.3 Å².